The summed E-state index contributed by atoms with van der Waals surface area (Å²) < 4.78 is 15.6. The fourth-order valence-corrected chi connectivity index (χ4v) is 2.29. The predicted molar refractivity (Wildman–Crippen MR) is 94.7 cm³/mol. The molecule has 0 bridgehead atoms. The van der Waals surface area contributed by atoms with Gasteiger partial charge < -0.3 is 24.8 Å². The van der Waals surface area contributed by atoms with Gasteiger partial charge in [-0.3, -0.25) is 4.79 Å². The molecular formula is C17H19ClN2O4. The molecule has 0 atom stereocenters. The Hall–Kier alpha value is -2.60. The van der Waals surface area contributed by atoms with Gasteiger partial charge in [-0.2, -0.15) is 0 Å². The van der Waals surface area contributed by atoms with E-state index in [2.05, 4.69) is 10.6 Å². The summed E-state index contributed by atoms with van der Waals surface area (Å²) in [4.78, 5) is 12.1. The number of carbonyl (C=O) groups is 1. The topological polar surface area (TPSA) is 68.8 Å². The van der Waals surface area contributed by atoms with Crippen LogP contribution < -0.4 is 24.8 Å². The molecule has 0 fully saturated rings. The van der Waals surface area contributed by atoms with Crippen molar-refractivity contribution in [2.75, 3.05) is 38.5 Å². The van der Waals surface area contributed by atoms with E-state index < -0.39 is 0 Å². The Morgan fingerprint density at radius 2 is 1.62 bits per heavy atom. The minimum Gasteiger partial charge on any atom is -0.495 e. The van der Waals surface area contributed by atoms with Crippen molar-refractivity contribution in [1.29, 1.82) is 0 Å². The van der Waals surface area contributed by atoms with E-state index in [0.717, 1.165) is 0 Å². The molecule has 2 rings (SSSR count). The first-order valence-corrected chi connectivity index (χ1v) is 7.54. The number of ether oxygens (including phenoxy) is 3. The van der Waals surface area contributed by atoms with Crippen LogP contribution in [0.25, 0.3) is 0 Å². The quantitative estimate of drug-likeness (QED) is 0.800. The van der Waals surface area contributed by atoms with E-state index >= 15 is 0 Å². The molecular weight excluding hydrogens is 332 g/mol. The summed E-state index contributed by atoms with van der Waals surface area (Å²) >= 11 is 5.96. The van der Waals surface area contributed by atoms with Gasteiger partial charge in [-0.25, -0.2) is 0 Å². The largest absolute Gasteiger partial charge is 0.495 e. The van der Waals surface area contributed by atoms with Crippen molar-refractivity contribution >= 4 is 28.9 Å². The highest BCUT2D eigenvalue weighted by molar-refractivity contribution is 6.30. The lowest BCUT2D eigenvalue weighted by Crippen LogP contribution is -2.22. The predicted octanol–water partition coefficient (Wildman–Crippen LogP) is 3.42. The Morgan fingerprint density at radius 1 is 0.958 bits per heavy atom. The van der Waals surface area contributed by atoms with E-state index in [9.17, 15) is 4.79 Å². The zero-order valence-electron chi connectivity index (χ0n) is 13.7. The first-order valence-electron chi connectivity index (χ1n) is 7.16. The van der Waals surface area contributed by atoms with Gasteiger partial charge in [0.15, 0.2) is 11.5 Å². The second-order valence-electron chi connectivity index (χ2n) is 4.82. The number of amides is 1. The zero-order valence-corrected chi connectivity index (χ0v) is 14.4. The van der Waals surface area contributed by atoms with Crippen LogP contribution in [0.3, 0.4) is 0 Å². The molecule has 0 aliphatic rings. The van der Waals surface area contributed by atoms with Gasteiger partial charge in [0, 0.05) is 16.8 Å². The molecule has 6 nitrogen and oxygen atoms in total. The second-order valence-corrected chi connectivity index (χ2v) is 5.25. The Bertz CT molecular complexity index is 722. The average Bonchev–Trinajstić information content (AvgIpc) is 2.60. The van der Waals surface area contributed by atoms with Gasteiger partial charge in [-0.05, 0) is 30.3 Å². The number of carbonyl (C=O) groups excluding carboxylic acids is 1. The highest BCUT2D eigenvalue weighted by Crippen LogP contribution is 2.30. The lowest BCUT2D eigenvalue weighted by atomic mass is 10.2. The van der Waals surface area contributed by atoms with Crippen molar-refractivity contribution in [3.63, 3.8) is 0 Å². The van der Waals surface area contributed by atoms with Gasteiger partial charge >= 0.3 is 0 Å². The third-order valence-electron chi connectivity index (χ3n) is 3.27. The van der Waals surface area contributed by atoms with Gasteiger partial charge in [0.1, 0.15) is 5.75 Å². The Morgan fingerprint density at radius 3 is 2.29 bits per heavy atom. The molecule has 7 heteroatoms. The van der Waals surface area contributed by atoms with E-state index in [1.165, 1.54) is 7.11 Å². The number of methoxy groups -OCH3 is 3. The van der Waals surface area contributed by atoms with Crippen LogP contribution in [-0.2, 0) is 4.79 Å². The third kappa shape index (κ3) is 4.45. The first-order chi connectivity index (χ1) is 11.6. The van der Waals surface area contributed by atoms with Crippen LogP contribution >= 0.6 is 11.6 Å². The van der Waals surface area contributed by atoms with Gasteiger partial charge in [-0.1, -0.05) is 11.6 Å². The van der Waals surface area contributed by atoms with Crippen LogP contribution in [-0.4, -0.2) is 33.8 Å². The van der Waals surface area contributed by atoms with Crippen LogP contribution in [0.5, 0.6) is 17.2 Å². The molecule has 0 heterocycles. The number of halogens is 1. The minimum atomic E-state index is -0.218. The minimum absolute atomic E-state index is 0.0606. The van der Waals surface area contributed by atoms with Crippen molar-refractivity contribution < 1.29 is 19.0 Å². The molecule has 0 radical (unpaired) electrons. The number of hydrogen-bond donors (Lipinski definition) is 2. The summed E-state index contributed by atoms with van der Waals surface area (Å²) in [7, 11) is 4.65. The summed E-state index contributed by atoms with van der Waals surface area (Å²) in [6, 6.07) is 10.3. The van der Waals surface area contributed by atoms with Crippen LogP contribution in [0, 0.1) is 0 Å². The Kier molecular flexibility index (Phi) is 6.14. The summed E-state index contributed by atoms with van der Waals surface area (Å²) in [5.74, 6) is 1.53. The molecule has 1 amide bonds. The maximum atomic E-state index is 12.1. The lowest BCUT2D eigenvalue weighted by molar-refractivity contribution is -0.114. The summed E-state index contributed by atoms with van der Waals surface area (Å²) in [5.41, 5.74) is 1.25. The standard InChI is InChI=1S/C17H19ClN2O4/c1-22-14-6-4-11(18)8-13(14)19-10-17(21)20-12-5-7-15(23-2)16(9-12)24-3/h4-9,19H,10H2,1-3H3,(H,20,21). The fourth-order valence-electron chi connectivity index (χ4n) is 2.11. The van der Waals surface area contributed by atoms with Crippen LogP contribution in [0.2, 0.25) is 5.02 Å². The molecule has 0 aromatic heterocycles. The molecule has 128 valence electrons. The van der Waals surface area contributed by atoms with E-state index in [0.29, 0.717) is 33.6 Å². The van der Waals surface area contributed by atoms with E-state index in [-0.39, 0.29) is 12.5 Å². The zero-order chi connectivity index (χ0) is 17.5. The van der Waals surface area contributed by atoms with Crippen molar-refractivity contribution in [1.82, 2.24) is 0 Å². The van der Waals surface area contributed by atoms with E-state index in [1.54, 1.807) is 50.6 Å². The van der Waals surface area contributed by atoms with Crippen molar-refractivity contribution in [2.24, 2.45) is 0 Å². The normalized spacial score (nSPS) is 10.0. The number of rotatable bonds is 7. The Labute approximate surface area is 145 Å². The van der Waals surface area contributed by atoms with Gasteiger partial charge in [0.25, 0.3) is 0 Å². The van der Waals surface area contributed by atoms with Gasteiger partial charge in [-0.15, -0.1) is 0 Å². The summed E-state index contributed by atoms with van der Waals surface area (Å²) in [6.45, 7) is 0.0606. The molecule has 2 aromatic carbocycles. The number of benzene rings is 2. The molecule has 0 aliphatic heterocycles. The number of nitrogens with one attached hydrogen (secondary N) is 2. The highest BCUT2D eigenvalue weighted by Gasteiger charge is 2.09. The fraction of sp³-hybridized carbons (Fsp3) is 0.235. The Balaban J connectivity index is 2.00. The maximum Gasteiger partial charge on any atom is 0.243 e. The summed E-state index contributed by atoms with van der Waals surface area (Å²) in [5, 5.41) is 6.33. The van der Waals surface area contributed by atoms with E-state index in [1.807, 2.05) is 0 Å². The van der Waals surface area contributed by atoms with Gasteiger partial charge in [0.05, 0.1) is 33.6 Å². The average molecular weight is 351 g/mol. The number of hydrogen-bond acceptors (Lipinski definition) is 5. The van der Waals surface area contributed by atoms with Crippen LogP contribution in [0.1, 0.15) is 0 Å². The molecule has 0 saturated carbocycles. The second kappa shape index (κ2) is 8.31. The third-order valence-corrected chi connectivity index (χ3v) is 3.50. The monoisotopic (exact) mass is 350 g/mol. The van der Waals surface area contributed by atoms with E-state index in [4.69, 9.17) is 25.8 Å². The maximum absolute atomic E-state index is 12.1. The smallest absolute Gasteiger partial charge is 0.243 e. The van der Waals surface area contributed by atoms with Crippen molar-refractivity contribution in [2.45, 2.75) is 0 Å². The summed E-state index contributed by atoms with van der Waals surface area (Å²) in [6.07, 6.45) is 0. The van der Waals surface area contributed by atoms with Crippen LogP contribution in [0.4, 0.5) is 11.4 Å². The van der Waals surface area contributed by atoms with Crippen molar-refractivity contribution in [3.05, 3.63) is 41.4 Å². The SMILES string of the molecule is COc1ccc(Cl)cc1NCC(=O)Nc1ccc(OC)c(OC)c1. The van der Waals surface area contributed by atoms with Crippen molar-refractivity contribution in [3.8, 4) is 17.2 Å². The van der Waals surface area contributed by atoms with Crippen LogP contribution in [0.15, 0.2) is 36.4 Å². The molecule has 0 unspecified atom stereocenters. The number of anilines is 2. The highest BCUT2D eigenvalue weighted by atomic mass is 35.5. The molecule has 0 spiro atoms. The molecule has 2 N–H and O–H groups in total. The molecule has 2 aromatic rings. The molecule has 0 saturated heterocycles. The first kappa shape index (κ1) is 17.7. The molecule has 0 aliphatic carbocycles. The molecule has 24 heavy (non-hydrogen) atoms. The van der Waals surface area contributed by atoms with Gasteiger partial charge in [0.2, 0.25) is 5.91 Å². The lowest BCUT2D eigenvalue weighted by Gasteiger charge is -2.13.